The number of nitro groups is 1. The van der Waals surface area contributed by atoms with E-state index in [-0.39, 0.29) is 18.0 Å². The lowest BCUT2D eigenvalue weighted by atomic mass is 10.2. The first-order valence-corrected chi connectivity index (χ1v) is 13.5. The summed E-state index contributed by atoms with van der Waals surface area (Å²) in [5.74, 6) is -0.165. The molecular weight excluding hydrogens is 518 g/mol. The lowest BCUT2D eigenvalue weighted by Gasteiger charge is -2.10. The second-order valence-corrected chi connectivity index (χ2v) is 10.8. The van der Waals surface area contributed by atoms with Gasteiger partial charge in [-0.05, 0) is 48.9 Å². The number of sulfonamides is 1. The predicted molar refractivity (Wildman–Crippen MR) is 138 cm³/mol. The van der Waals surface area contributed by atoms with Crippen LogP contribution >= 0.6 is 11.8 Å². The number of thioether (sulfide) groups is 1. The standard InChI is InChI=1S/C24H23N5O6S2/c1-17-14-26-28(15-17)16-18-7-10-23(35-18)24(30)27-37(33,34)20-8-9-21(22(13-20)29(31)32)25-11-12-36-19-5-3-2-4-6-19/h2-10,13-15,25H,11-12,16H2,1H3,(H,27,30). The smallest absolute Gasteiger partial charge is 0.300 e. The summed E-state index contributed by atoms with van der Waals surface area (Å²) in [6, 6.07) is 16.0. The Hall–Kier alpha value is -4.10. The molecule has 2 aromatic heterocycles. The van der Waals surface area contributed by atoms with Gasteiger partial charge in [0.2, 0.25) is 0 Å². The third kappa shape index (κ3) is 6.77. The molecule has 1 amide bonds. The number of aromatic nitrogens is 2. The highest BCUT2D eigenvalue weighted by Gasteiger charge is 2.25. The molecule has 2 N–H and O–H groups in total. The number of amides is 1. The van der Waals surface area contributed by atoms with Crippen LogP contribution in [0.15, 0.2) is 87.3 Å². The lowest BCUT2D eigenvalue weighted by molar-refractivity contribution is -0.384. The Morgan fingerprint density at radius 2 is 1.95 bits per heavy atom. The van der Waals surface area contributed by atoms with Crippen LogP contribution in [-0.2, 0) is 16.6 Å². The normalized spacial score (nSPS) is 11.3. The molecule has 0 radical (unpaired) electrons. The maximum Gasteiger partial charge on any atom is 0.300 e. The SMILES string of the molecule is Cc1cnn(Cc2ccc(C(=O)NS(=O)(=O)c3ccc(NCCSc4ccccc4)c([N+](=O)[O-])c3)o2)c1. The summed E-state index contributed by atoms with van der Waals surface area (Å²) in [5, 5.41) is 18.7. The zero-order valence-corrected chi connectivity index (χ0v) is 21.3. The summed E-state index contributed by atoms with van der Waals surface area (Å²) in [6.45, 7) is 2.56. The van der Waals surface area contributed by atoms with Crippen LogP contribution in [0.25, 0.3) is 0 Å². The van der Waals surface area contributed by atoms with Crippen LogP contribution < -0.4 is 10.0 Å². The maximum atomic E-state index is 12.8. The summed E-state index contributed by atoms with van der Waals surface area (Å²) < 4.78 is 34.5. The third-order valence-corrected chi connectivity index (χ3v) is 7.44. The van der Waals surface area contributed by atoms with E-state index in [1.54, 1.807) is 34.9 Å². The minimum atomic E-state index is -4.40. The molecule has 13 heteroatoms. The summed E-state index contributed by atoms with van der Waals surface area (Å²) in [6.07, 6.45) is 3.47. The molecule has 2 aromatic carbocycles. The summed E-state index contributed by atoms with van der Waals surface area (Å²) in [5.41, 5.74) is 0.709. The molecule has 0 aliphatic rings. The van der Waals surface area contributed by atoms with Gasteiger partial charge in [0.05, 0.1) is 22.6 Å². The van der Waals surface area contributed by atoms with E-state index in [4.69, 9.17) is 4.42 Å². The fourth-order valence-corrected chi connectivity index (χ4v) is 5.15. The van der Waals surface area contributed by atoms with Crippen molar-refractivity contribution < 1.29 is 22.6 Å². The number of carbonyl (C=O) groups is 1. The topological polar surface area (TPSA) is 149 Å². The van der Waals surface area contributed by atoms with Gasteiger partial charge in [0.25, 0.3) is 15.7 Å². The first-order valence-electron chi connectivity index (χ1n) is 11.1. The molecule has 0 unspecified atom stereocenters. The molecule has 0 aliphatic carbocycles. The Bertz CT molecular complexity index is 1520. The van der Waals surface area contributed by atoms with E-state index in [1.165, 1.54) is 18.2 Å². The van der Waals surface area contributed by atoms with Gasteiger partial charge in [-0.2, -0.15) is 5.10 Å². The molecular formula is C24H23N5O6S2. The number of nitrogens with one attached hydrogen (secondary N) is 2. The highest BCUT2D eigenvalue weighted by molar-refractivity contribution is 7.99. The van der Waals surface area contributed by atoms with Crippen LogP contribution in [-0.4, -0.2) is 41.3 Å². The van der Waals surface area contributed by atoms with Crippen LogP contribution in [0.3, 0.4) is 0 Å². The van der Waals surface area contributed by atoms with Gasteiger partial charge in [0, 0.05) is 29.5 Å². The van der Waals surface area contributed by atoms with Gasteiger partial charge >= 0.3 is 5.91 Å². The van der Waals surface area contributed by atoms with E-state index in [9.17, 15) is 23.3 Å². The lowest BCUT2D eigenvalue weighted by Crippen LogP contribution is -2.30. The Morgan fingerprint density at radius 1 is 1.16 bits per heavy atom. The Labute approximate surface area is 217 Å². The molecule has 0 aliphatic heterocycles. The van der Waals surface area contributed by atoms with Crippen molar-refractivity contribution in [2.24, 2.45) is 0 Å². The molecule has 0 saturated carbocycles. The van der Waals surface area contributed by atoms with E-state index >= 15 is 0 Å². The molecule has 0 atom stereocenters. The fraction of sp³-hybridized carbons (Fsp3) is 0.167. The number of hydrogen-bond acceptors (Lipinski definition) is 9. The van der Waals surface area contributed by atoms with Crippen LogP contribution in [0, 0.1) is 17.0 Å². The second-order valence-electron chi connectivity index (χ2n) is 7.94. The Morgan fingerprint density at radius 3 is 2.65 bits per heavy atom. The molecule has 0 saturated heterocycles. The van der Waals surface area contributed by atoms with Gasteiger partial charge in [0.1, 0.15) is 11.4 Å². The Kier molecular flexibility index (Phi) is 7.94. The van der Waals surface area contributed by atoms with Crippen molar-refractivity contribution in [3.8, 4) is 0 Å². The van der Waals surface area contributed by atoms with Crippen molar-refractivity contribution in [3.63, 3.8) is 0 Å². The number of rotatable bonds is 11. The van der Waals surface area contributed by atoms with Gasteiger partial charge in [0.15, 0.2) is 5.76 Å². The molecule has 2 heterocycles. The van der Waals surface area contributed by atoms with Crippen LogP contribution in [0.1, 0.15) is 21.9 Å². The van der Waals surface area contributed by atoms with Gasteiger partial charge in [-0.15, -0.1) is 11.8 Å². The monoisotopic (exact) mass is 541 g/mol. The van der Waals surface area contributed by atoms with Crippen LogP contribution in [0.2, 0.25) is 0 Å². The Balaban J connectivity index is 1.40. The third-order valence-electron chi connectivity index (χ3n) is 5.10. The largest absolute Gasteiger partial charge is 0.454 e. The van der Waals surface area contributed by atoms with Gasteiger partial charge in [-0.1, -0.05) is 18.2 Å². The molecule has 0 fully saturated rings. The molecule has 4 aromatic rings. The fourth-order valence-electron chi connectivity index (χ4n) is 3.38. The number of benzene rings is 2. The average Bonchev–Trinajstić information content (AvgIpc) is 3.51. The summed E-state index contributed by atoms with van der Waals surface area (Å²) in [7, 11) is -4.40. The van der Waals surface area contributed by atoms with Crippen LogP contribution in [0.5, 0.6) is 0 Å². The number of furan rings is 1. The summed E-state index contributed by atoms with van der Waals surface area (Å²) >= 11 is 1.58. The van der Waals surface area contributed by atoms with Gasteiger partial charge in [-0.25, -0.2) is 13.1 Å². The molecule has 192 valence electrons. The van der Waals surface area contributed by atoms with Crippen molar-refractivity contribution in [2.45, 2.75) is 23.3 Å². The number of nitro benzene ring substituents is 1. The minimum absolute atomic E-state index is 0.175. The number of hydrogen-bond donors (Lipinski definition) is 2. The van der Waals surface area contributed by atoms with Crippen molar-refractivity contribution in [1.29, 1.82) is 0 Å². The quantitative estimate of drug-likeness (QED) is 0.124. The van der Waals surface area contributed by atoms with Gasteiger partial charge in [-0.3, -0.25) is 19.6 Å². The zero-order chi connectivity index (χ0) is 26.4. The van der Waals surface area contributed by atoms with Crippen molar-refractivity contribution in [3.05, 3.63) is 100 Å². The van der Waals surface area contributed by atoms with Crippen molar-refractivity contribution >= 4 is 39.1 Å². The molecule has 0 spiro atoms. The van der Waals surface area contributed by atoms with Crippen molar-refractivity contribution in [2.75, 3.05) is 17.6 Å². The highest BCUT2D eigenvalue weighted by atomic mass is 32.2. The molecule has 11 nitrogen and oxygen atoms in total. The maximum absolute atomic E-state index is 12.8. The van der Waals surface area contributed by atoms with E-state index in [0.717, 1.165) is 16.5 Å². The predicted octanol–water partition coefficient (Wildman–Crippen LogP) is 4.06. The number of anilines is 1. The first kappa shape index (κ1) is 26.0. The van der Waals surface area contributed by atoms with Crippen molar-refractivity contribution in [1.82, 2.24) is 14.5 Å². The minimum Gasteiger partial charge on any atom is -0.454 e. The van der Waals surface area contributed by atoms with Crippen LogP contribution in [0.4, 0.5) is 11.4 Å². The molecule has 0 bridgehead atoms. The first-order chi connectivity index (χ1) is 17.7. The van der Waals surface area contributed by atoms with E-state index < -0.39 is 31.4 Å². The van der Waals surface area contributed by atoms with E-state index in [0.29, 0.717) is 18.1 Å². The summed E-state index contributed by atoms with van der Waals surface area (Å²) in [4.78, 5) is 24.1. The van der Waals surface area contributed by atoms with Gasteiger partial charge < -0.3 is 9.73 Å². The number of nitrogens with zero attached hydrogens (tertiary/aromatic N) is 3. The second kappa shape index (κ2) is 11.3. The molecule has 4 rings (SSSR count). The van der Waals surface area contributed by atoms with E-state index in [2.05, 4.69) is 10.4 Å². The van der Waals surface area contributed by atoms with E-state index in [1.807, 2.05) is 42.0 Å². The highest BCUT2D eigenvalue weighted by Crippen LogP contribution is 2.28. The average molecular weight is 542 g/mol. The molecule has 37 heavy (non-hydrogen) atoms. The zero-order valence-electron chi connectivity index (χ0n) is 19.7. The number of aryl methyl sites for hydroxylation is 1. The number of carbonyl (C=O) groups excluding carboxylic acids is 1.